The van der Waals surface area contributed by atoms with Gasteiger partial charge in [0.1, 0.15) is 6.09 Å². The highest BCUT2D eigenvalue weighted by molar-refractivity contribution is 5.62. The van der Waals surface area contributed by atoms with E-state index in [0.717, 1.165) is 11.3 Å². The molecule has 0 saturated carbocycles. The fourth-order valence-electron chi connectivity index (χ4n) is 0.685. The van der Waals surface area contributed by atoms with Crippen molar-refractivity contribution in [3.63, 3.8) is 0 Å². The third-order valence-corrected chi connectivity index (χ3v) is 1.12. The summed E-state index contributed by atoms with van der Waals surface area (Å²) in [6.07, 6.45) is -0.468. The van der Waals surface area contributed by atoms with Crippen LogP contribution >= 0.6 is 0 Å². The Balaban J connectivity index is 3.61. The molecule has 0 aliphatic heterocycles. The average Bonchev–Trinajstić information content (AvgIpc) is 1.87. The van der Waals surface area contributed by atoms with Crippen molar-refractivity contribution in [2.75, 3.05) is 19.7 Å². The first-order chi connectivity index (χ1) is 4.72. The molecular formula is C6H12NO3-. The van der Waals surface area contributed by atoms with Crippen LogP contribution in [0.3, 0.4) is 0 Å². The van der Waals surface area contributed by atoms with Crippen LogP contribution in [0.1, 0.15) is 13.3 Å². The minimum atomic E-state index is -1.21. The summed E-state index contributed by atoms with van der Waals surface area (Å²) in [5.74, 6) is 0. The van der Waals surface area contributed by atoms with Crippen LogP contribution in [0.2, 0.25) is 0 Å². The third kappa shape index (κ3) is 3.29. The Morgan fingerprint density at radius 3 is 2.50 bits per heavy atom. The second kappa shape index (κ2) is 5.05. The predicted molar refractivity (Wildman–Crippen MR) is 34.3 cm³/mol. The molecule has 0 bridgehead atoms. The lowest BCUT2D eigenvalue weighted by molar-refractivity contribution is -0.265. The van der Waals surface area contributed by atoms with Crippen LogP contribution in [-0.4, -0.2) is 35.8 Å². The van der Waals surface area contributed by atoms with E-state index in [1.165, 1.54) is 0 Å². The zero-order valence-electron chi connectivity index (χ0n) is 6.04. The number of rotatable bonds is 4. The van der Waals surface area contributed by atoms with Crippen molar-refractivity contribution in [1.29, 1.82) is 0 Å². The monoisotopic (exact) mass is 146 g/mol. The van der Waals surface area contributed by atoms with E-state index in [9.17, 15) is 9.90 Å². The number of nitrogens with zero attached hydrogens (tertiary/aromatic N) is 1. The van der Waals surface area contributed by atoms with Crippen molar-refractivity contribution >= 4 is 6.09 Å². The Morgan fingerprint density at radius 1 is 1.60 bits per heavy atom. The van der Waals surface area contributed by atoms with Crippen molar-refractivity contribution in [1.82, 2.24) is 4.90 Å². The highest BCUT2D eigenvalue weighted by atomic mass is 16.4. The van der Waals surface area contributed by atoms with Crippen molar-refractivity contribution < 1.29 is 15.0 Å². The molecule has 0 atom stereocenters. The Morgan fingerprint density at radius 2 is 2.20 bits per heavy atom. The molecule has 4 heteroatoms. The first-order valence-electron chi connectivity index (χ1n) is 3.29. The molecule has 0 radical (unpaired) electrons. The lowest BCUT2D eigenvalue weighted by atomic mass is 10.4. The van der Waals surface area contributed by atoms with E-state index in [-0.39, 0.29) is 13.2 Å². The van der Waals surface area contributed by atoms with E-state index >= 15 is 0 Å². The van der Waals surface area contributed by atoms with Crippen molar-refractivity contribution in [2.45, 2.75) is 13.3 Å². The number of carbonyl (C=O) groups is 1. The molecule has 0 heterocycles. The van der Waals surface area contributed by atoms with Gasteiger partial charge in [0, 0.05) is 13.1 Å². The van der Waals surface area contributed by atoms with Crippen LogP contribution in [0.25, 0.3) is 0 Å². The topological polar surface area (TPSA) is 63.6 Å². The fraction of sp³-hybridized carbons (Fsp3) is 0.833. The van der Waals surface area contributed by atoms with Gasteiger partial charge >= 0.3 is 0 Å². The molecule has 0 aromatic heterocycles. The highest BCUT2D eigenvalue weighted by Crippen LogP contribution is 1.88. The van der Waals surface area contributed by atoms with Gasteiger partial charge in [-0.25, -0.2) is 0 Å². The lowest BCUT2D eigenvalue weighted by Gasteiger charge is -2.22. The molecule has 0 saturated heterocycles. The van der Waals surface area contributed by atoms with Gasteiger partial charge in [-0.05, 0) is 6.42 Å². The maximum atomic E-state index is 10.2. The van der Waals surface area contributed by atoms with Gasteiger partial charge in [0.2, 0.25) is 0 Å². The highest BCUT2D eigenvalue weighted by Gasteiger charge is 1.99. The number of aliphatic hydroxyl groups is 1. The zero-order valence-corrected chi connectivity index (χ0v) is 6.04. The molecule has 4 nitrogen and oxygen atoms in total. The first-order valence-corrected chi connectivity index (χ1v) is 3.29. The van der Waals surface area contributed by atoms with E-state index in [2.05, 4.69) is 0 Å². The first kappa shape index (κ1) is 9.23. The molecule has 0 aliphatic carbocycles. The second-order valence-electron chi connectivity index (χ2n) is 1.98. The summed E-state index contributed by atoms with van der Waals surface area (Å²) in [5, 5.41) is 18.6. The summed E-state index contributed by atoms with van der Waals surface area (Å²) < 4.78 is 0. The van der Waals surface area contributed by atoms with E-state index in [1.54, 1.807) is 0 Å². The number of hydrogen-bond acceptors (Lipinski definition) is 3. The molecular weight excluding hydrogens is 134 g/mol. The standard InChI is InChI=1S/C6H13NO3/c1-2-3-7(4-5-8)6(9)10/h8H,2-5H2,1H3,(H,9,10)/p-1. The summed E-state index contributed by atoms with van der Waals surface area (Å²) in [6.45, 7) is 2.31. The number of hydrogen-bond donors (Lipinski definition) is 1. The van der Waals surface area contributed by atoms with Crippen LogP contribution in [0.4, 0.5) is 4.79 Å². The summed E-state index contributed by atoms with van der Waals surface area (Å²) in [7, 11) is 0. The van der Waals surface area contributed by atoms with Gasteiger partial charge in [-0.2, -0.15) is 0 Å². The molecule has 1 amide bonds. The predicted octanol–water partition coefficient (Wildman–Crippen LogP) is -0.966. The van der Waals surface area contributed by atoms with Gasteiger partial charge in [-0.3, -0.25) is 0 Å². The van der Waals surface area contributed by atoms with Crippen LogP contribution in [0.5, 0.6) is 0 Å². The van der Waals surface area contributed by atoms with Gasteiger partial charge in [-0.15, -0.1) is 0 Å². The zero-order chi connectivity index (χ0) is 7.98. The van der Waals surface area contributed by atoms with Crippen molar-refractivity contribution in [3.8, 4) is 0 Å². The molecule has 0 spiro atoms. The smallest absolute Gasteiger partial charge is 0.137 e. The third-order valence-electron chi connectivity index (χ3n) is 1.12. The number of amides is 1. The number of carboxylic acid groups (broad SMARTS) is 1. The van der Waals surface area contributed by atoms with Gasteiger partial charge in [0.15, 0.2) is 0 Å². The molecule has 0 unspecified atom stereocenters. The second-order valence-corrected chi connectivity index (χ2v) is 1.98. The van der Waals surface area contributed by atoms with Crippen molar-refractivity contribution in [2.24, 2.45) is 0 Å². The molecule has 0 aliphatic rings. The summed E-state index contributed by atoms with van der Waals surface area (Å²) in [4.78, 5) is 11.3. The van der Waals surface area contributed by atoms with Crippen LogP contribution < -0.4 is 5.11 Å². The Hall–Kier alpha value is -0.770. The molecule has 10 heavy (non-hydrogen) atoms. The largest absolute Gasteiger partial charge is 0.530 e. The van der Waals surface area contributed by atoms with E-state index in [4.69, 9.17) is 5.11 Å². The fourth-order valence-corrected chi connectivity index (χ4v) is 0.685. The maximum absolute atomic E-state index is 10.2. The molecule has 0 aromatic rings. The lowest BCUT2D eigenvalue weighted by Crippen LogP contribution is -2.43. The van der Waals surface area contributed by atoms with E-state index in [0.29, 0.717) is 6.54 Å². The Bertz CT molecular complexity index is 99.2. The summed E-state index contributed by atoms with van der Waals surface area (Å²) in [6, 6.07) is 0. The minimum Gasteiger partial charge on any atom is -0.530 e. The molecule has 0 aromatic carbocycles. The SMILES string of the molecule is CCCN(CCO)C(=O)[O-]. The van der Waals surface area contributed by atoms with Crippen LogP contribution in [0.15, 0.2) is 0 Å². The normalized spacial score (nSPS) is 9.40. The molecule has 60 valence electrons. The van der Waals surface area contributed by atoms with Crippen LogP contribution in [-0.2, 0) is 0 Å². The summed E-state index contributed by atoms with van der Waals surface area (Å²) >= 11 is 0. The molecule has 0 fully saturated rings. The van der Waals surface area contributed by atoms with Crippen LogP contribution in [0, 0.1) is 0 Å². The summed E-state index contributed by atoms with van der Waals surface area (Å²) in [5.41, 5.74) is 0. The Labute approximate surface area is 60.1 Å². The molecule has 1 N–H and O–H groups in total. The molecule has 0 rings (SSSR count). The number of aliphatic hydroxyl groups excluding tert-OH is 1. The quantitative estimate of drug-likeness (QED) is 0.555. The number of carbonyl (C=O) groups excluding carboxylic acids is 1. The minimum absolute atomic E-state index is 0.145. The van der Waals surface area contributed by atoms with Gasteiger partial charge in [0.25, 0.3) is 0 Å². The van der Waals surface area contributed by atoms with E-state index in [1.807, 2.05) is 6.92 Å². The van der Waals surface area contributed by atoms with Gasteiger partial charge in [-0.1, -0.05) is 6.92 Å². The van der Waals surface area contributed by atoms with E-state index < -0.39 is 6.09 Å². The van der Waals surface area contributed by atoms with Gasteiger partial charge < -0.3 is 19.9 Å². The van der Waals surface area contributed by atoms with Gasteiger partial charge in [0.05, 0.1) is 6.61 Å². The Kier molecular flexibility index (Phi) is 4.66. The average molecular weight is 146 g/mol. The van der Waals surface area contributed by atoms with Crippen molar-refractivity contribution in [3.05, 3.63) is 0 Å². The maximum Gasteiger partial charge on any atom is 0.137 e.